The van der Waals surface area contributed by atoms with E-state index in [1.165, 1.54) is 10.9 Å². The molecule has 1 aliphatic heterocycles. The van der Waals surface area contributed by atoms with E-state index in [-0.39, 0.29) is 5.91 Å². The van der Waals surface area contributed by atoms with Gasteiger partial charge in [0.15, 0.2) is 0 Å². The molecule has 8 heteroatoms. The lowest BCUT2D eigenvalue weighted by molar-refractivity contribution is 0.0948. The predicted octanol–water partition coefficient (Wildman–Crippen LogP) is 4.04. The molecule has 3 aromatic rings. The normalized spacial score (nSPS) is 14.9. The first-order chi connectivity index (χ1) is 15.5. The number of anilines is 1. The summed E-state index contributed by atoms with van der Waals surface area (Å²) < 4.78 is 13.0. The maximum absolute atomic E-state index is 13.6. The molecular weight excluding hydrogens is 406 g/mol. The Morgan fingerprint density at radius 2 is 2.16 bits per heavy atom. The number of hydrogen-bond donors (Lipinski definition) is 1. The van der Waals surface area contributed by atoms with Crippen LogP contribution in [-0.4, -0.2) is 34.2 Å². The molecule has 1 aromatic carbocycles. The van der Waals surface area contributed by atoms with Crippen molar-refractivity contribution in [2.45, 2.75) is 26.7 Å². The van der Waals surface area contributed by atoms with Gasteiger partial charge in [0, 0.05) is 35.4 Å². The van der Waals surface area contributed by atoms with E-state index < -0.39 is 5.92 Å². The number of aryl methyl sites for hydroxylation is 1. The molecule has 162 valence electrons. The Morgan fingerprint density at radius 3 is 2.81 bits per heavy atom. The highest BCUT2D eigenvalue weighted by Gasteiger charge is 2.38. The third kappa shape index (κ3) is 3.48. The second kappa shape index (κ2) is 8.55. The van der Waals surface area contributed by atoms with Gasteiger partial charge in [-0.05, 0) is 38.5 Å². The van der Waals surface area contributed by atoms with E-state index in [9.17, 15) is 10.1 Å². The van der Waals surface area contributed by atoms with Crippen LogP contribution in [0.5, 0.6) is 11.6 Å². The van der Waals surface area contributed by atoms with Gasteiger partial charge in [-0.1, -0.05) is 6.07 Å². The maximum atomic E-state index is 13.6. The fraction of sp³-hybridized carbons (Fsp3) is 0.250. The zero-order valence-corrected chi connectivity index (χ0v) is 18.3. The molecule has 32 heavy (non-hydrogen) atoms. The fourth-order valence-electron chi connectivity index (χ4n) is 4.04. The summed E-state index contributed by atoms with van der Waals surface area (Å²) in [5.74, 6) is 0.200. The Kier molecular flexibility index (Phi) is 5.65. The van der Waals surface area contributed by atoms with Crippen molar-refractivity contribution in [3.05, 3.63) is 76.6 Å². The van der Waals surface area contributed by atoms with Crippen LogP contribution in [0.3, 0.4) is 0 Å². The number of carbonyl (C=O) groups excluding carboxylic acids is 1. The van der Waals surface area contributed by atoms with E-state index in [1.54, 1.807) is 37.8 Å². The van der Waals surface area contributed by atoms with E-state index in [1.807, 2.05) is 26.8 Å². The number of hydrogen-bond acceptors (Lipinski definition) is 7. The van der Waals surface area contributed by atoms with Crippen molar-refractivity contribution < 1.29 is 14.3 Å². The molecule has 0 aliphatic carbocycles. The molecule has 3 heterocycles. The Morgan fingerprint density at radius 1 is 1.34 bits per heavy atom. The quantitative estimate of drug-likeness (QED) is 0.653. The lowest BCUT2D eigenvalue weighted by Crippen LogP contribution is -2.27. The molecule has 0 fully saturated rings. The highest BCUT2D eigenvalue weighted by atomic mass is 16.5. The third-order valence-electron chi connectivity index (χ3n) is 5.49. The van der Waals surface area contributed by atoms with Crippen molar-refractivity contribution in [3.8, 4) is 17.7 Å². The van der Waals surface area contributed by atoms with Crippen LogP contribution in [0.1, 0.15) is 46.8 Å². The average molecular weight is 429 g/mol. The van der Waals surface area contributed by atoms with Crippen molar-refractivity contribution in [2.75, 3.05) is 19.0 Å². The molecule has 1 atom stereocenters. The molecule has 0 spiro atoms. The van der Waals surface area contributed by atoms with E-state index in [2.05, 4.69) is 21.4 Å². The van der Waals surface area contributed by atoms with Gasteiger partial charge in [-0.3, -0.25) is 9.36 Å². The summed E-state index contributed by atoms with van der Waals surface area (Å²) in [6.07, 6.45) is 6.40. The molecule has 0 saturated carbocycles. The monoisotopic (exact) mass is 429 g/mol. The smallest absolute Gasteiger partial charge is 0.261 e. The minimum atomic E-state index is -0.530. The number of benzene rings is 1. The number of ether oxygens (including phenoxy) is 2. The van der Waals surface area contributed by atoms with E-state index in [0.717, 1.165) is 22.4 Å². The highest BCUT2D eigenvalue weighted by Crippen LogP contribution is 2.49. The van der Waals surface area contributed by atoms with Crippen molar-refractivity contribution in [1.82, 2.24) is 14.5 Å². The van der Waals surface area contributed by atoms with Gasteiger partial charge in [-0.25, -0.2) is 9.97 Å². The van der Waals surface area contributed by atoms with Gasteiger partial charge in [0.2, 0.25) is 5.88 Å². The van der Waals surface area contributed by atoms with Crippen LogP contribution in [0.4, 0.5) is 5.69 Å². The van der Waals surface area contributed by atoms with Crippen LogP contribution in [-0.2, 0) is 0 Å². The third-order valence-corrected chi connectivity index (χ3v) is 5.49. The van der Waals surface area contributed by atoms with Gasteiger partial charge in [-0.15, -0.1) is 0 Å². The van der Waals surface area contributed by atoms with Crippen LogP contribution < -0.4 is 14.8 Å². The molecule has 2 aromatic heterocycles. The molecule has 1 aliphatic rings. The number of nitrogens with zero attached hydrogens (tertiary/aromatic N) is 4. The van der Waals surface area contributed by atoms with Gasteiger partial charge < -0.3 is 14.8 Å². The molecule has 0 amide bonds. The predicted molar refractivity (Wildman–Crippen MR) is 119 cm³/mol. The molecule has 8 nitrogen and oxygen atoms in total. The highest BCUT2D eigenvalue weighted by molar-refractivity contribution is 6.00. The Balaban J connectivity index is 2.03. The van der Waals surface area contributed by atoms with Gasteiger partial charge in [0.1, 0.15) is 12.1 Å². The Hall–Kier alpha value is -4.12. The zero-order valence-electron chi connectivity index (χ0n) is 18.3. The maximum Gasteiger partial charge on any atom is 0.261 e. The van der Waals surface area contributed by atoms with Crippen molar-refractivity contribution in [3.63, 3.8) is 0 Å². The lowest BCUT2D eigenvalue weighted by Gasteiger charge is -2.33. The van der Waals surface area contributed by atoms with Crippen LogP contribution in [0, 0.1) is 18.3 Å². The average Bonchev–Trinajstić information content (AvgIpc) is 3.34. The number of rotatable bonds is 5. The van der Waals surface area contributed by atoms with Crippen molar-refractivity contribution in [1.29, 1.82) is 5.26 Å². The first kappa shape index (κ1) is 21.1. The number of carbonyl (C=O) groups is 1. The Labute approximate surface area is 186 Å². The second-order valence-electron chi connectivity index (χ2n) is 7.41. The summed E-state index contributed by atoms with van der Waals surface area (Å²) in [6.45, 7) is 6.14. The molecule has 1 N–H and O–H groups in total. The zero-order chi connectivity index (χ0) is 22.8. The number of methoxy groups -OCH3 is 1. The second-order valence-corrected chi connectivity index (χ2v) is 7.41. The number of allylic oxidation sites excluding steroid dienone is 2. The number of nitrogens with one attached hydrogen (secondary N) is 1. The number of pyridine rings is 1. The number of imidazole rings is 1. The van der Waals surface area contributed by atoms with Crippen LogP contribution in [0.2, 0.25) is 0 Å². The van der Waals surface area contributed by atoms with Crippen molar-refractivity contribution >= 4 is 11.6 Å². The summed E-state index contributed by atoms with van der Waals surface area (Å²) in [5.41, 5.74) is 4.97. The first-order valence-corrected chi connectivity index (χ1v) is 10.2. The molecule has 1 unspecified atom stereocenters. The number of aromatic nitrogens is 3. The minimum absolute atomic E-state index is 0.224. The summed E-state index contributed by atoms with van der Waals surface area (Å²) in [4.78, 5) is 22.2. The lowest BCUT2D eigenvalue weighted by atomic mass is 9.79. The van der Waals surface area contributed by atoms with Gasteiger partial charge in [0.05, 0.1) is 42.5 Å². The van der Waals surface area contributed by atoms with Crippen LogP contribution >= 0.6 is 0 Å². The summed E-state index contributed by atoms with van der Waals surface area (Å²) in [7, 11) is 1.55. The summed E-state index contributed by atoms with van der Waals surface area (Å²) in [5, 5.41) is 12.7. The molecule has 0 bridgehead atoms. The van der Waals surface area contributed by atoms with E-state index in [0.29, 0.717) is 35.1 Å². The SMILES string of the molecule is CCOc1ncc(C)c2c1C(c1ccc(C#N)cc1OC)C(C(=O)n1ccnc1)=C(C)N2. The topological polar surface area (TPSA) is 102 Å². The Bertz CT molecular complexity index is 1260. The summed E-state index contributed by atoms with van der Waals surface area (Å²) in [6, 6.07) is 7.36. The molecule has 4 rings (SSSR count). The standard InChI is InChI=1S/C24H23N5O3/c1-5-32-23-21-20(17-7-6-16(11-25)10-18(17)31-4)19(24(30)29-9-8-26-13-29)15(3)28-22(21)14(2)12-27-23/h6-10,12-13,20,28H,5H2,1-4H3. The summed E-state index contributed by atoms with van der Waals surface area (Å²) >= 11 is 0. The van der Waals surface area contributed by atoms with Crippen LogP contribution in [0.15, 0.2) is 54.4 Å². The first-order valence-electron chi connectivity index (χ1n) is 10.2. The van der Waals surface area contributed by atoms with Gasteiger partial charge >= 0.3 is 0 Å². The molecule has 0 saturated heterocycles. The largest absolute Gasteiger partial charge is 0.496 e. The number of fused-ring (bicyclic) bond motifs is 1. The molecule has 0 radical (unpaired) electrons. The number of nitriles is 1. The van der Waals surface area contributed by atoms with Crippen molar-refractivity contribution in [2.24, 2.45) is 0 Å². The van der Waals surface area contributed by atoms with Crippen LogP contribution in [0.25, 0.3) is 0 Å². The minimum Gasteiger partial charge on any atom is -0.496 e. The van der Waals surface area contributed by atoms with Gasteiger partial charge in [-0.2, -0.15) is 5.26 Å². The van der Waals surface area contributed by atoms with E-state index >= 15 is 0 Å². The molecular formula is C24H23N5O3. The van der Waals surface area contributed by atoms with Gasteiger partial charge in [0.25, 0.3) is 5.91 Å². The van der Waals surface area contributed by atoms with E-state index in [4.69, 9.17) is 9.47 Å². The fourth-order valence-corrected chi connectivity index (χ4v) is 4.04.